The molecule has 2 aromatic carbocycles. The lowest BCUT2D eigenvalue weighted by atomic mass is 9.70. The molecule has 52 heavy (non-hydrogen) atoms. The molecule has 3 aliphatic heterocycles. The van der Waals surface area contributed by atoms with E-state index in [1.807, 2.05) is 67.6 Å². The van der Waals surface area contributed by atoms with E-state index in [1.165, 1.54) is 4.90 Å². The number of aliphatic hydroxyl groups excluding tert-OH is 1. The summed E-state index contributed by atoms with van der Waals surface area (Å²) in [5, 5.41) is 13.8. The molecule has 0 aliphatic carbocycles. The lowest BCUT2D eigenvalue weighted by Crippen LogP contribution is -2.60. The van der Waals surface area contributed by atoms with Crippen LogP contribution >= 0.6 is 15.9 Å². The van der Waals surface area contributed by atoms with Crippen LogP contribution in [-0.2, 0) is 35.1 Å². The highest BCUT2D eigenvalue weighted by Gasteiger charge is 2.77. The fourth-order valence-corrected chi connectivity index (χ4v) is 9.39. The molecule has 10 atom stereocenters. The van der Waals surface area contributed by atoms with Gasteiger partial charge in [-0.1, -0.05) is 102 Å². The van der Waals surface area contributed by atoms with Crippen LogP contribution in [0.3, 0.4) is 0 Å². The number of alkyl halides is 1. The van der Waals surface area contributed by atoms with Crippen LogP contribution < -0.4 is 5.32 Å². The number of hydrogen-bond donors (Lipinski definition) is 2. The normalized spacial score (nSPS) is 26.9. The molecule has 0 saturated carbocycles. The zero-order valence-corrected chi connectivity index (χ0v) is 32.0. The molecule has 5 rings (SSSR count). The standard InChI is InChI=1S/C41H52BrN3O7/c1-6-9-21-32(47)43-27(5)35(29-19-14-11-15-20-29)51-40(50)33-34-38(48)45(30(25-46)23-28-17-12-10-13-18-28)37(41(34)24-31(42)36(33)52-41)39(49)44(22-8-3)26(4)16-7-2/h6,8,10-15,17-20,26-27,30-31,33-37,46H,1,3,7,9,16,21-25H2,2,4-5H3,(H,43,47)/t26?,27-,30+,31?,33-,34+,35-,36-,37-,41+/m0/s1. The van der Waals surface area contributed by atoms with Gasteiger partial charge in [0.25, 0.3) is 0 Å². The molecule has 11 heteroatoms. The number of halogens is 1. The second kappa shape index (κ2) is 17.4. The number of nitrogens with zero attached hydrogens (tertiary/aromatic N) is 2. The van der Waals surface area contributed by atoms with E-state index in [0.29, 0.717) is 24.8 Å². The van der Waals surface area contributed by atoms with Gasteiger partial charge in [-0.05, 0) is 50.7 Å². The fraction of sp³-hybridized carbons (Fsp3) is 0.512. The summed E-state index contributed by atoms with van der Waals surface area (Å²) in [5.41, 5.74) is 0.229. The number of hydrogen-bond acceptors (Lipinski definition) is 7. The maximum Gasteiger partial charge on any atom is 0.313 e. The number of likely N-dealkylation sites (tertiary alicyclic amines) is 1. The number of benzene rings is 2. The van der Waals surface area contributed by atoms with Gasteiger partial charge in [0.2, 0.25) is 17.7 Å². The van der Waals surface area contributed by atoms with Gasteiger partial charge in [0.1, 0.15) is 17.7 Å². The van der Waals surface area contributed by atoms with Crippen LogP contribution in [0, 0.1) is 11.8 Å². The van der Waals surface area contributed by atoms with Crippen molar-refractivity contribution in [2.45, 2.75) is 106 Å². The summed E-state index contributed by atoms with van der Waals surface area (Å²) in [7, 11) is 0. The summed E-state index contributed by atoms with van der Waals surface area (Å²) < 4.78 is 13.1. The lowest BCUT2D eigenvalue weighted by molar-refractivity contribution is -0.162. The van der Waals surface area contributed by atoms with E-state index in [4.69, 9.17) is 9.47 Å². The molecule has 2 aromatic rings. The van der Waals surface area contributed by atoms with Crippen molar-refractivity contribution in [3.63, 3.8) is 0 Å². The van der Waals surface area contributed by atoms with Crippen molar-refractivity contribution in [3.05, 3.63) is 97.1 Å². The second-order valence-corrected chi connectivity index (χ2v) is 15.5. The molecule has 3 saturated heterocycles. The van der Waals surface area contributed by atoms with Crippen LogP contribution in [0.5, 0.6) is 0 Å². The van der Waals surface area contributed by atoms with Crippen molar-refractivity contribution in [1.29, 1.82) is 0 Å². The van der Waals surface area contributed by atoms with Crippen LogP contribution in [-0.4, -0.2) is 92.4 Å². The Morgan fingerprint density at radius 1 is 1.12 bits per heavy atom. The zero-order chi connectivity index (χ0) is 37.6. The lowest BCUT2D eigenvalue weighted by Gasteiger charge is -2.41. The number of aliphatic hydroxyl groups is 1. The molecule has 3 aliphatic rings. The first kappa shape index (κ1) is 39.4. The number of amides is 3. The van der Waals surface area contributed by atoms with Crippen LogP contribution in [0.25, 0.3) is 0 Å². The van der Waals surface area contributed by atoms with Crippen molar-refractivity contribution in [3.8, 4) is 0 Å². The van der Waals surface area contributed by atoms with Crippen LogP contribution in [0.4, 0.5) is 0 Å². The molecule has 10 nitrogen and oxygen atoms in total. The summed E-state index contributed by atoms with van der Waals surface area (Å²) >= 11 is 3.76. The van der Waals surface area contributed by atoms with E-state index in [9.17, 15) is 24.3 Å². The topological polar surface area (TPSA) is 125 Å². The van der Waals surface area contributed by atoms with Gasteiger partial charge in [-0.3, -0.25) is 19.2 Å². The Bertz CT molecular complexity index is 1590. The number of allylic oxidation sites excluding steroid dienone is 1. The Hall–Kier alpha value is -3.80. The van der Waals surface area contributed by atoms with Gasteiger partial charge >= 0.3 is 5.97 Å². The van der Waals surface area contributed by atoms with Crippen LogP contribution in [0.15, 0.2) is 86.0 Å². The third-order valence-corrected chi connectivity index (χ3v) is 11.6. The number of nitrogens with one attached hydrogen (secondary N) is 1. The summed E-state index contributed by atoms with van der Waals surface area (Å²) in [6.45, 7) is 13.3. The monoisotopic (exact) mass is 777 g/mol. The molecule has 2 bridgehead atoms. The summed E-state index contributed by atoms with van der Waals surface area (Å²) in [5.74, 6) is -3.63. The molecule has 2 unspecified atom stereocenters. The maximum absolute atomic E-state index is 15.0. The second-order valence-electron chi connectivity index (χ2n) is 14.3. The molecule has 0 aromatic heterocycles. The quantitative estimate of drug-likeness (QED) is 0.120. The molecule has 3 fully saturated rings. The van der Waals surface area contributed by atoms with Crippen molar-refractivity contribution in [2.24, 2.45) is 11.8 Å². The van der Waals surface area contributed by atoms with Crippen molar-refractivity contribution >= 4 is 39.6 Å². The number of carbonyl (C=O) groups excluding carboxylic acids is 4. The number of fused-ring (bicyclic) bond motifs is 1. The number of ether oxygens (including phenoxy) is 2. The Morgan fingerprint density at radius 2 is 1.79 bits per heavy atom. The van der Waals surface area contributed by atoms with E-state index < -0.39 is 66.3 Å². The first-order chi connectivity index (χ1) is 25.0. The van der Waals surface area contributed by atoms with E-state index in [0.717, 1.165) is 18.4 Å². The SMILES string of the molecule is C=CCCC(=O)N[C@@H](C)[C@H](OC(=O)[C@@H]1[C@H]2O[C@@]3(CC2Br)[C@H](C(=O)N(CC=C)C(C)CCC)N([C@@H](CO)Cc2ccccc2)C(=O)[C@@H]13)c1ccccc1. The van der Waals surface area contributed by atoms with Gasteiger partial charge in [0.05, 0.1) is 36.6 Å². The highest BCUT2D eigenvalue weighted by atomic mass is 79.9. The minimum absolute atomic E-state index is 0.154. The minimum atomic E-state index is -1.35. The Balaban J connectivity index is 1.54. The zero-order valence-electron chi connectivity index (χ0n) is 30.4. The van der Waals surface area contributed by atoms with Gasteiger partial charge in [0.15, 0.2) is 0 Å². The van der Waals surface area contributed by atoms with Gasteiger partial charge in [-0.2, -0.15) is 0 Å². The molecule has 0 radical (unpaired) electrons. The van der Waals surface area contributed by atoms with Crippen molar-refractivity contribution in [1.82, 2.24) is 15.1 Å². The van der Waals surface area contributed by atoms with Crippen molar-refractivity contribution < 1.29 is 33.8 Å². The molecular weight excluding hydrogens is 726 g/mol. The molecule has 1 spiro atoms. The van der Waals surface area contributed by atoms with Crippen LogP contribution in [0.2, 0.25) is 0 Å². The Kier molecular flexibility index (Phi) is 13.1. The summed E-state index contributed by atoms with van der Waals surface area (Å²) in [6, 6.07) is 16.1. The van der Waals surface area contributed by atoms with Gasteiger partial charge < -0.3 is 29.7 Å². The molecular formula is C41H52BrN3O7. The smallest absolute Gasteiger partial charge is 0.313 e. The predicted molar refractivity (Wildman–Crippen MR) is 202 cm³/mol. The Morgan fingerprint density at radius 3 is 2.40 bits per heavy atom. The average molecular weight is 779 g/mol. The van der Waals surface area contributed by atoms with E-state index in [2.05, 4.69) is 41.3 Å². The first-order valence-corrected chi connectivity index (χ1v) is 19.3. The van der Waals surface area contributed by atoms with E-state index in [1.54, 1.807) is 24.0 Å². The van der Waals surface area contributed by atoms with E-state index >= 15 is 0 Å². The van der Waals surface area contributed by atoms with Gasteiger partial charge in [-0.15, -0.1) is 13.2 Å². The Labute approximate surface area is 315 Å². The van der Waals surface area contributed by atoms with Crippen molar-refractivity contribution in [2.75, 3.05) is 13.2 Å². The third-order valence-electron chi connectivity index (χ3n) is 10.8. The fourth-order valence-electron chi connectivity index (χ4n) is 8.44. The number of rotatable bonds is 18. The van der Waals surface area contributed by atoms with E-state index in [-0.39, 0.29) is 35.6 Å². The predicted octanol–water partition coefficient (Wildman–Crippen LogP) is 5.30. The number of carbonyl (C=O) groups is 4. The largest absolute Gasteiger partial charge is 0.455 e. The summed E-state index contributed by atoms with van der Waals surface area (Å²) in [4.78, 5) is 60.1. The van der Waals surface area contributed by atoms with Gasteiger partial charge in [-0.25, -0.2) is 0 Å². The minimum Gasteiger partial charge on any atom is -0.455 e. The number of esters is 1. The first-order valence-electron chi connectivity index (χ1n) is 18.4. The van der Waals surface area contributed by atoms with Gasteiger partial charge in [0, 0.05) is 23.8 Å². The molecule has 2 N–H and O–H groups in total. The average Bonchev–Trinajstić information content (AvgIpc) is 3.74. The maximum atomic E-state index is 15.0. The summed E-state index contributed by atoms with van der Waals surface area (Å²) in [6.07, 6.45) is 4.70. The highest BCUT2D eigenvalue weighted by molar-refractivity contribution is 9.09. The molecule has 280 valence electrons. The molecule has 3 heterocycles. The highest BCUT2D eigenvalue weighted by Crippen LogP contribution is 2.61. The third kappa shape index (κ3) is 7.77. The van der Waals surface area contributed by atoms with Crippen LogP contribution in [0.1, 0.15) is 70.1 Å². The molecule has 3 amide bonds.